The number of rotatable bonds is 4. The Labute approximate surface area is 95.4 Å². The van der Waals surface area contributed by atoms with Crippen LogP contribution in [0.15, 0.2) is 16.8 Å². The fourth-order valence-electron chi connectivity index (χ4n) is 2.13. The Morgan fingerprint density at radius 3 is 3.13 bits per heavy atom. The van der Waals surface area contributed by atoms with Crippen molar-refractivity contribution in [2.24, 2.45) is 5.73 Å². The van der Waals surface area contributed by atoms with Gasteiger partial charge in [-0.15, -0.1) is 0 Å². The van der Waals surface area contributed by atoms with Gasteiger partial charge in [-0.05, 0) is 54.5 Å². The van der Waals surface area contributed by atoms with Gasteiger partial charge < -0.3 is 10.5 Å². The van der Waals surface area contributed by atoms with Crippen molar-refractivity contribution in [3.05, 3.63) is 22.4 Å². The summed E-state index contributed by atoms with van der Waals surface area (Å²) < 4.78 is 5.69. The number of hydrogen-bond donors (Lipinski definition) is 1. The predicted octanol–water partition coefficient (Wildman–Crippen LogP) is 2.58. The zero-order valence-corrected chi connectivity index (χ0v) is 9.84. The van der Waals surface area contributed by atoms with Crippen LogP contribution in [0.3, 0.4) is 0 Å². The zero-order chi connectivity index (χ0) is 10.5. The third-order valence-corrected chi connectivity index (χ3v) is 3.65. The molecule has 0 amide bonds. The fourth-order valence-corrected chi connectivity index (χ4v) is 2.81. The Hall–Kier alpha value is -0.380. The van der Waals surface area contributed by atoms with Crippen LogP contribution in [0.2, 0.25) is 0 Å². The van der Waals surface area contributed by atoms with Crippen molar-refractivity contribution >= 4 is 11.3 Å². The number of ether oxygens (including phenoxy) is 1. The minimum Gasteiger partial charge on any atom is -0.378 e. The second-order valence-corrected chi connectivity index (χ2v) is 5.10. The predicted molar refractivity (Wildman–Crippen MR) is 64.2 cm³/mol. The van der Waals surface area contributed by atoms with Crippen molar-refractivity contribution in [2.45, 2.75) is 44.2 Å². The molecule has 1 fully saturated rings. The van der Waals surface area contributed by atoms with E-state index in [2.05, 4.69) is 16.8 Å². The van der Waals surface area contributed by atoms with Crippen LogP contribution in [-0.4, -0.2) is 18.8 Å². The Morgan fingerprint density at radius 2 is 2.47 bits per heavy atom. The first kappa shape index (κ1) is 11.1. The summed E-state index contributed by atoms with van der Waals surface area (Å²) in [6, 6.07) is 2.41. The first-order chi connectivity index (χ1) is 7.34. The maximum atomic E-state index is 6.12. The minimum atomic E-state index is 0.252. The van der Waals surface area contributed by atoms with Crippen LogP contribution in [0.25, 0.3) is 0 Å². The second kappa shape index (κ2) is 5.64. The molecule has 0 aliphatic carbocycles. The topological polar surface area (TPSA) is 35.2 Å². The second-order valence-electron chi connectivity index (χ2n) is 4.32. The van der Waals surface area contributed by atoms with Crippen LogP contribution >= 0.6 is 11.3 Å². The third kappa shape index (κ3) is 3.59. The first-order valence-corrected chi connectivity index (χ1v) is 6.67. The summed E-state index contributed by atoms with van der Waals surface area (Å²) in [7, 11) is 0. The van der Waals surface area contributed by atoms with Gasteiger partial charge in [-0.2, -0.15) is 11.3 Å². The van der Waals surface area contributed by atoms with Crippen LogP contribution in [-0.2, 0) is 11.2 Å². The van der Waals surface area contributed by atoms with Gasteiger partial charge >= 0.3 is 0 Å². The fraction of sp³-hybridized carbons (Fsp3) is 0.667. The molecule has 0 radical (unpaired) electrons. The Kier molecular flexibility index (Phi) is 4.18. The lowest BCUT2D eigenvalue weighted by Crippen LogP contribution is -2.31. The normalized spacial score (nSPS) is 23.9. The molecule has 2 unspecified atom stereocenters. The van der Waals surface area contributed by atoms with E-state index in [-0.39, 0.29) is 6.04 Å². The largest absolute Gasteiger partial charge is 0.378 e. The van der Waals surface area contributed by atoms with Gasteiger partial charge in [-0.3, -0.25) is 0 Å². The molecule has 0 spiro atoms. The van der Waals surface area contributed by atoms with Crippen LogP contribution in [0.1, 0.15) is 31.2 Å². The monoisotopic (exact) mass is 225 g/mol. The highest BCUT2D eigenvalue weighted by Crippen LogP contribution is 2.18. The van der Waals surface area contributed by atoms with Crippen LogP contribution in [0, 0.1) is 0 Å². The molecule has 1 aromatic heterocycles. The molecule has 84 valence electrons. The molecule has 1 aliphatic heterocycles. The van der Waals surface area contributed by atoms with Crippen molar-refractivity contribution in [3.63, 3.8) is 0 Å². The molecule has 0 bridgehead atoms. The van der Waals surface area contributed by atoms with Gasteiger partial charge in [0.05, 0.1) is 6.10 Å². The van der Waals surface area contributed by atoms with Gasteiger partial charge in [0, 0.05) is 12.6 Å². The molecule has 0 aromatic carbocycles. The van der Waals surface area contributed by atoms with Crippen molar-refractivity contribution in [3.8, 4) is 0 Å². The van der Waals surface area contributed by atoms with E-state index in [0.717, 1.165) is 19.4 Å². The smallest absolute Gasteiger partial charge is 0.0590 e. The van der Waals surface area contributed by atoms with E-state index in [0.29, 0.717) is 6.10 Å². The third-order valence-electron chi connectivity index (χ3n) is 2.92. The number of thiophene rings is 1. The first-order valence-electron chi connectivity index (χ1n) is 5.73. The molecule has 0 saturated carbocycles. The van der Waals surface area contributed by atoms with Crippen molar-refractivity contribution in [1.29, 1.82) is 0 Å². The summed E-state index contributed by atoms with van der Waals surface area (Å²) in [5, 5.41) is 4.29. The highest BCUT2D eigenvalue weighted by atomic mass is 32.1. The summed E-state index contributed by atoms with van der Waals surface area (Å²) in [5.41, 5.74) is 7.48. The molecule has 1 aliphatic rings. The summed E-state index contributed by atoms with van der Waals surface area (Å²) in [4.78, 5) is 0. The van der Waals surface area contributed by atoms with E-state index in [1.165, 1.54) is 24.8 Å². The summed E-state index contributed by atoms with van der Waals surface area (Å²) in [6.45, 7) is 0.926. The van der Waals surface area contributed by atoms with Crippen LogP contribution in [0.4, 0.5) is 0 Å². The van der Waals surface area contributed by atoms with E-state index in [1.807, 2.05) is 0 Å². The molecule has 3 heteroatoms. The van der Waals surface area contributed by atoms with Gasteiger partial charge in [-0.1, -0.05) is 0 Å². The minimum absolute atomic E-state index is 0.252. The van der Waals surface area contributed by atoms with E-state index < -0.39 is 0 Å². The average Bonchev–Trinajstić information content (AvgIpc) is 2.71. The highest BCUT2D eigenvalue weighted by Gasteiger charge is 2.17. The van der Waals surface area contributed by atoms with Gasteiger partial charge in [0.2, 0.25) is 0 Å². The molecule has 2 atom stereocenters. The van der Waals surface area contributed by atoms with Gasteiger partial charge in [0.15, 0.2) is 0 Å². The quantitative estimate of drug-likeness (QED) is 0.854. The van der Waals surface area contributed by atoms with E-state index >= 15 is 0 Å². The van der Waals surface area contributed by atoms with E-state index in [4.69, 9.17) is 10.5 Å². The number of nitrogens with two attached hydrogens (primary N) is 1. The lowest BCUT2D eigenvalue weighted by molar-refractivity contribution is 0.00747. The van der Waals surface area contributed by atoms with Crippen molar-refractivity contribution in [1.82, 2.24) is 0 Å². The summed E-state index contributed by atoms with van der Waals surface area (Å²) in [5.74, 6) is 0. The van der Waals surface area contributed by atoms with Gasteiger partial charge in [-0.25, -0.2) is 0 Å². The molecule has 2 heterocycles. The lowest BCUT2D eigenvalue weighted by Gasteiger charge is -2.25. The van der Waals surface area contributed by atoms with Gasteiger partial charge in [0.1, 0.15) is 0 Å². The maximum Gasteiger partial charge on any atom is 0.0590 e. The summed E-state index contributed by atoms with van der Waals surface area (Å²) >= 11 is 1.74. The number of hydrogen-bond acceptors (Lipinski definition) is 3. The van der Waals surface area contributed by atoms with Crippen molar-refractivity contribution < 1.29 is 4.74 Å². The molecular formula is C12H19NOS. The zero-order valence-electron chi connectivity index (χ0n) is 9.02. The van der Waals surface area contributed by atoms with Crippen LogP contribution in [0.5, 0.6) is 0 Å². The molecule has 2 N–H and O–H groups in total. The van der Waals surface area contributed by atoms with Crippen molar-refractivity contribution in [2.75, 3.05) is 6.61 Å². The molecule has 2 nitrogen and oxygen atoms in total. The van der Waals surface area contributed by atoms with E-state index in [9.17, 15) is 0 Å². The molecular weight excluding hydrogens is 206 g/mol. The highest BCUT2D eigenvalue weighted by molar-refractivity contribution is 7.07. The van der Waals surface area contributed by atoms with Gasteiger partial charge in [0.25, 0.3) is 0 Å². The molecule has 2 rings (SSSR count). The Balaban J connectivity index is 1.74. The summed E-state index contributed by atoms with van der Waals surface area (Å²) in [6.07, 6.45) is 6.12. The Morgan fingerprint density at radius 1 is 1.53 bits per heavy atom. The molecule has 1 aromatic rings. The standard InChI is InChI=1S/C12H19NOS/c13-11(7-10-4-6-15-9-10)8-12-3-1-2-5-14-12/h4,6,9,11-12H,1-3,5,7-8,13H2. The van der Waals surface area contributed by atoms with E-state index in [1.54, 1.807) is 11.3 Å². The average molecular weight is 225 g/mol. The molecule has 1 saturated heterocycles. The SMILES string of the molecule is NC(Cc1ccsc1)CC1CCCCO1. The molecule has 15 heavy (non-hydrogen) atoms. The lowest BCUT2D eigenvalue weighted by atomic mass is 9.99. The van der Waals surface area contributed by atoms with Crippen LogP contribution < -0.4 is 5.73 Å². The maximum absolute atomic E-state index is 6.12. The Bertz CT molecular complexity index is 267.